The van der Waals surface area contributed by atoms with Crippen molar-refractivity contribution in [3.63, 3.8) is 0 Å². The lowest BCUT2D eigenvalue weighted by Crippen LogP contribution is -2.46. The van der Waals surface area contributed by atoms with Gasteiger partial charge in [-0.15, -0.1) is 0 Å². The van der Waals surface area contributed by atoms with Crippen molar-refractivity contribution in [1.82, 2.24) is 5.43 Å². The first-order valence-corrected chi connectivity index (χ1v) is 6.69. The van der Waals surface area contributed by atoms with Crippen LogP contribution in [0.15, 0.2) is 0 Å². The second-order valence-corrected chi connectivity index (χ2v) is 5.27. The van der Waals surface area contributed by atoms with Crippen molar-refractivity contribution in [2.45, 2.75) is 65.3 Å². The van der Waals surface area contributed by atoms with E-state index in [2.05, 4.69) is 26.2 Å². The van der Waals surface area contributed by atoms with Gasteiger partial charge in [-0.3, -0.25) is 11.3 Å². The fraction of sp³-hybridized carbons (Fsp3) is 1.00. The molecule has 0 aromatic rings. The molecule has 0 aromatic heterocycles. The van der Waals surface area contributed by atoms with Crippen LogP contribution in [0.5, 0.6) is 0 Å². The van der Waals surface area contributed by atoms with E-state index in [-0.39, 0.29) is 0 Å². The lowest BCUT2D eigenvalue weighted by molar-refractivity contribution is 0.180. The maximum Gasteiger partial charge on any atom is 0.0264 e. The van der Waals surface area contributed by atoms with Crippen LogP contribution in [-0.4, -0.2) is 6.04 Å². The molecular weight excluding hydrogens is 184 g/mol. The van der Waals surface area contributed by atoms with Gasteiger partial charge in [0, 0.05) is 6.04 Å². The van der Waals surface area contributed by atoms with Crippen molar-refractivity contribution in [3.05, 3.63) is 0 Å². The Morgan fingerprint density at radius 3 is 2.20 bits per heavy atom. The van der Waals surface area contributed by atoms with Gasteiger partial charge in [-0.25, -0.2) is 0 Å². The summed E-state index contributed by atoms with van der Waals surface area (Å²) in [4.78, 5) is 0. The molecule has 0 aromatic carbocycles. The Labute approximate surface area is 95.0 Å². The average molecular weight is 212 g/mol. The molecule has 1 fully saturated rings. The van der Waals surface area contributed by atoms with Crippen LogP contribution < -0.4 is 11.3 Å². The molecule has 2 heteroatoms. The maximum atomic E-state index is 5.70. The molecule has 2 atom stereocenters. The number of nitrogens with one attached hydrogen (secondary N) is 1. The van der Waals surface area contributed by atoms with E-state index in [4.69, 9.17) is 5.84 Å². The minimum atomic E-state index is 0.535. The average Bonchev–Trinajstić information content (AvgIpc) is 2.30. The summed E-state index contributed by atoms with van der Waals surface area (Å²) < 4.78 is 0. The first kappa shape index (κ1) is 13.0. The minimum absolute atomic E-state index is 0.535. The molecule has 1 rings (SSSR count). The van der Waals surface area contributed by atoms with Gasteiger partial charge in [0.25, 0.3) is 0 Å². The van der Waals surface area contributed by atoms with E-state index in [1.54, 1.807) is 0 Å². The third-order valence-corrected chi connectivity index (χ3v) is 4.43. The van der Waals surface area contributed by atoms with E-state index in [9.17, 15) is 0 Å². The zero-order valence-corrected chi connectivity index (χ0v) is 10.6. The van der Waals surface area contributed by atoms with Gasteiger partial charge in [-0.2, -0.15) is 0 Å². The van der Waals surface area contributed by atoms with E-state index < -0.39 is 0 Å². The second-order valence-electron chi connectivity index (χ2n) is 5.27. The molecule has 0 aliphatic heterocycles. The summed E-state index contributed by atoms with van der Waals surface area (Å²) in [6.45, 7) is 6.89. The summed E-state index contributed by atoms with van der Waals surface area (Å²) in [5, 5.41) is 0. The van der Waals surface area contributed by atoms with Crippen LogP contribution in [0.4, 0.5) is 0 Å². The van der Waals surface area contributed by atoms with Gasteiger partial charge in [0.15, 0.2) is 0 Å². The molecule has 0 heterocycles. The fourth-order valence-corrected chi connectivity index (χ4v) is 2.97. The molecule has 0 saturated heterocycles. The van der Waals surface area contributed by atoms with Crippen LogP contribution in [0, 0.1) is 17.8 Å². The molecule has 0 bridgehead atoms. The van der Waals surface area contributed by atoms with Gasteiger partial charge in [0.2, 0.25) is 0 Å². The molecule has 3 N–H and O–H groups in total. The normalized spacial score (nSPS) is 31.2. The molecule has 0 amide bonds. The minimum Gasteiger partial charge on any atom is -0.271 e. The molecule has 2 nitrogen and oxygen atoms in total. The molecule has 1 saturated carbocycles. The largest absolute Gasteiger partial charge is 0.271 e. The highest BCUT2D eigenvalue weighted by Gasteiger charge is 2.28. The van der Waals surface area contributed by atoms with Crippen LogP contribution in [0.2, 0.25) is 0 Å². The standard InChI is InChI=1S/C13H28N2/c1-4-10(3)13(15-14)12-8-6-11(5-2)7-9-12/h10-13,15H,4-9,14H2,1-3H3. The van der Waals surface area contributed by atoms with Crippen molar-refractivity contribution < 1.29 is 0 Å². The number of hydrogen-bond donors (Lipinski definition) is 2. The van der Waals surface area contributed by atoms with E-state index >= 15 is 0 Å². The van der Waals surface area contributed by atoms with E-state index in [0.29, 0.717) is 12.0 Å². The molecule has 90 valence electrons. The fourth-order valence-electron chi connectivity index (χ4n) is 2.97. The number of nitrogens with two attached hydrogens (primary N) is 1. The number of hydrogen-bond acceptors (Lipinski definition) is 2. The first-order chi connectivity index (χ1) is 7.22. The predicted molar refractivity (Wildman–Crippen MR) is 66.3 cm³/mol. The van der Waals surface area contributed by atoms with E-state index in [1.165, 1.54) is 38.5 Å². The Morgan fingerprint density at radius 2 is 1.80 bits per heavy atom. The van der Waals surface area contributed by atoms with Crippen LogP contribution in [0.3, 0.4) is 0 Å². The van der Waals surface area contributed by atoms with Crippen LogP contribution in [-0.2, 0) is 0 Å². The molecule has 2 unspecified atom stereocenters. The van der Waals surface area contributed by atoms with Crippen molar-refractivity contribution in [3.8, 4) is 0 Å². The topological polar surface area (TPSA) is 38.0 Å². The van der Waals surface area contributed by atoms with Gasteiger partial charge in [0.1, 0.15) is 0 Å². The highest BCUT2D eigenvalue weighted by Crippen LogP contribution is 2.34. The zero-order chi connectivity index (χ0) is 11.3. The molecule has 1 aliphatic carbocycles. The Hall–Kier alpha value is -0.0800. The van der Waals surface area contributed by atoms with Gasteiger partial charge >= 0.3 is 0 Å². The lowest BCUT2D eigenvalue weighted by atomic mass is 9.74. The molecule has 0 spiro atoms. The zero-order valence-electron chi connectivity index (χ0n) is 10.6. The third kappa shape index (κ3) is 3.46. The van der Waals surface area contributed by atoms with Crippen LogP contribution in [0.1, 0.15) is 59.3 Å². The monoisotopic (exact) mass is 212 g/mol. The van der Waals surface area contributed by atoms with Crippen molar-refractivity contribution in [2.24, 2.45) is 23.6 Å². The van der Waals surface area contributed by atoms with E-state index in [1.807, 2.05) is 0 Å². The van der Waals surface area contributed by atoms with Crippen molar-refractivity contribution in [2.75, 3.05) is 0 Å². The first-order valence-electron chi connectivity index (χ1n) is 6.69. The third-order valence-electron chi connectivity index (χ3n) is 4.43. The Bertz CT molecular complexity index is 162. The van der Waals surface area contributed by atoms with Crippen LogP contribution in [0.25, 0.3) is 0 Å². The number of rotatable bonds is 5. The predicted octanol–water partition coefficient (Wildman–Crippen LogP) is 3.08. The maximum absolute atomic E-state index is 5.70. The molecule has 1 aliphatic rings. The highest BCUT2D eigenvalue weighted by molar-refractivity contribution is 4.83. The summed E-state index contributed by atoms with van der Waals surface area (Å²) in [5.74, 6) is 8.20. The summed E-state index contributed by atoms with van der Waals surface area (Å²) in [7, 11) is 0. The van der Waals surface area contributed by atoms with Gasteiger partial charge < -0.3 is 0 Å². The van der Waals surface area contributed by atoms with Gasteiger partial charge in [0.05, 0.1) is 0 Å². The molecule has 0 radical (unpaired) electrons. The Kier molecular flexibility index (Phi) is 5.62. The molecular formula is C13H28N2. The lowest BCUT2D eigenvalue weighted by Gasteiger charge is -2.36. The van der Waals surface area contributed by atoms with E-state index in [0.717, 1.165) is 11.8 Å². The van der Waals surface area contributed by atoms with Gasteiger partial charge in [-0.1, -0.05) is 46.5 Å². The summed E-state index contributed by atoms with van der Waals surface area (Å²) in [6.07, 6.45) is 8.15. The van der Waals surface area contributed by atoms with Crippen molar-refractivity contribution in [1.29, 1.82) is 0 Å². The van der Waals surface area contributed by atoms with Gasteiger partial charge in [-0.05, 0) is 30.6 Å². The summed E-state index contributed by atoms with van der Waals surface area (Å²) in [5.41, 5.74) is 3.06. The Balaban J connectivity index is 2.42. The Morgan fingerprint density at radius 1 is 1.20 bits per heavy atom. The number of hydrazine groups is 1. The summed E-state index contributed by atoms with van der Waals surface area (Å²) >= 11 is 0. The molecule has 15 heavy (non-hydrogen) atoms. The smallest absolute Gasteiger partial charge is 0.0264 e. The quantitative estimate of drug-likeness (QED) is 0.543. The van der Waals surface area contributed by atoms with Crippen molar-refractivity contribution >= 4 is 0 Å². The SMILES string of the molecule is CCC1CCC(C(NN)C(C)CC)CC1. The second kappa shape index (κ2) is 6.49. The summed E-state index contributed by atoms with van der Waals surface area (Å²) in [6, 6.07) is 0.535. The van der Waals surface area contributed by atoms with Crippen LogP contribution >= 0.6 is 0 Å². The highest BCUT2D eigenvalue weighted by atomic mass is 15.2.